The summed E-state index contributed by atoms with van der Waals surface area (Å²) in [4.78, 5) is 19.6. The summed E-state index contributed by atoms with van der Waals surface area (Å²) in [7, 11) is 0. The van der Waals surface area contributed by atoms with Gasteiger partial charge in [-0.2, -0.15) is 0 Å². The number of nitrogens with zero attached hydrogens (tertiary/aromatic N) is 4. The van der Waals surface area contributed by atoms with Gasteiger partial charge in [0.15, 0.2) is 5.52 Å². The highest BCUT2D eigenvalue weighted by Crippen LogP contribution is 2.30. The second-order valence-corrected chi connectivity index (χ2v) is 7.02. The van der Waals surface area contributed by atoms with Crippen LogP contribution in [0.2, 0.25) is 0 Å². The summed E-state index contributed by atoms with van der Waals surface area (Å²) in [6.45, 7) is 5.21. The second-order valence-electron chi connectivity index (χ2n) is 7.02. The predicted molar refractivity (Wildman–Crippen MR) is 113 cm³/mol. The molecule has 4 rings (SSSR count). The molecule has 0 amide bonds. The summed E-state index contributed by atoms with van der Waals surface area (Å²) in [5.74, 6) is 0.980. The molecule has 4 aromatic rings. The van der Waals surface area contributed by atoms with Crippen LogP contribution in [0.4, 0.5) is 11.4 Å². The van der Waals surface area contributed by atoms with Crippen LogP contribution in [0, 0.1) is 24.0 Å². The van der Waals surface area contributed by atoms with Gasteiger partial charge < -0.3 is 9.88 Å². The normalized spacial score (nSPS) is 11.0. The van der Waals surface area contributed by atoms with Crippen molar-refractivity contribution >= 4 is 22.3 Å². The molecule has 7 heteroatoms. The van der Waals surface area contributed by atoms with Crippen LogP contribution in [0.25, 0.3) is 10.9 Å². The number of nitrogens with one attached hydrogen (secondary N) is 1. The molecule has 2 aromatic carbocycles. The Labute approximate surface area is 168 Å². The summed E-state index contributed by atoms with van der Waals surface area (Å²) in [6, 6.07) is 15.3. The first-order valence-electron chi connectivity index (χ1n) is 9.35. The van der Waals surface area contributed by atoms with E-state index in [1.54, 1.807) is 12.3 Å². The minimum absolute atomic E-state index is 0.0203. The SMILES string of the molecule is Cc1cc(NCc2cccc(Cn3ccnc3C)c2)c2cccc([N+](=O)[O-])c2n1. The summed E-state index contributed by atoms with van der Waals surface area (Å²) in [5.41, 5.74) is 4.33. The van der Waals surface area contributed by atoms with Crippen molar-refractivity contribution in [3.8, 4) is 0 Å². The summed E-state index contributed by atoms with van der Waals surface area (Å²) < 4.78 is 2.10. The largest absolute Gasteiger partial charge is 0.380 e. The average molecular weight is 387 g/mol. The van der Waals surface area contributed by atoms with Crippen LogP contribution in [0.5, 0.6) is 0 Å². The van der Waals surface area contributed by atoms with Gasteiger partial charge >= 0.3 is 0 Å². The molecule has 1 N–H and O–H groups in total. The van der Waals surface area contributed by atoms with Crippen LogP contribution < -0.4 is 5.32 Å². The van der Waals surface area contributed by atoms with E-state index in [2.05, 4.69) is 38.1 Å². The summed E-state index contributed by atoms with van der Waals surface area (Å²) >= 11 is 0. The van der Waals surface area contributed by atoms with E-state index >= 15 is 0 Å². The molecular weight excluding hydrogens is 366 g/mol. The van der Waals surface area contributed by atoms with E-state index in [4.69, 9.17) is 0 Å². The average Bonchev–Trinajstić information content (AvgIpc) is 3.10. The standard InChI is InChI=1S/C22H21N5O2/c1-15-11-20(19-7-4-8-21(27(28)29)22(19)25-15)24-13-17-5-3-6-18(12-17)14-26-10-9-23-16(26)2/h3-12H,13-14H2,1-2H3,(H,24,25). The second kappa shape index (κ2) is 7.71. The molecule has 0 aliphatic rings. The highest BCUT2D eigenvalue weighted by Gasteiger charge is 2.15. The molecule has 146 valence electrons. The van der Waals surface area contributed by atoms with Crippen molar-refractivity contribution < 1.29 is 4.92 Å². The first kappa shape index (κ1) is 18.6. The van der Waals surface area contributed by atoms with Crippen molar-refractivity contribution in [3.05, 3.63) is 93.7 Å². The number of benzene rings is 2. The van der Waals surface area contributed by atoms with Crippen LogP contribution in [-0.2, 0) is 13.1 Å². The van der Waals surface area contributed by atoms with Crippen molar-refractivity contribution in [2.24, 2.45) is 0 Å². The molecule has 0 unspecified atom stereocenters. The molecule has 0 aliphatic heterocycles. The summed E-state index contributed by atoms with van der Waals surface area (Å²) in [5, 5.41) is 15.5. The third kappa shape index (κ3) is 3.94. The molecule has 2 heterocycles. The summed E-state index contributed by atoms with van der Waals surface area (Å²) in [6.07, 6.45) is 3.77. The number of nitro benzene ring substituents is 1. The molecule has 0 saturated carbocycles. The lowest BCUT2D eigenvalue weighted by atomic mass is 10.1. The molecule has 2 aromatic heterocycles. The van der Waals surface area contributed by atoms with Crippen LogP contribution in [0.1, 0.15) is 22.6 Å². The molecule has 0 aliphatic carbocycles. The van der Waals surface area contributed by atoms with Crippen LogP contribution in [0.3, 0.4) is 0 Å². The van der Waals surface area contributed by atoms with E-state index < -0.39 is 0 Å². The number of fused-ring (bicyclic) bond motifs is 1. The molecule has 0 atom stereocenters. The highest BCUT2D eigenvalue weighted by molar-refractivity contribution is 5.96. The van der Waals surface area contributed by atoms with Crippen molar-refractivity contribution in [3.63, 3.8) is 0 Å². The van der Waals surface area contributed by atoms with Gasteiger partial charge in [0.2, 0.25) is 0 Å². The van der Waals surface area contributed by atoms with Crippen LogP contribution in [-0.4, -0.2) is 19.5 Å². The fourth-order valence-corrected chi connectivity index (χ4v) is 3.46. The smallest absolute Gasteiger partial charge is 0.295 e. The maximum atomic E-state index is 11.3. The number of pyridine rings is 1. The number of imidazole rings is 1. The predicted octanol–water partition coefficient (Wildman–Crippen LogP) is 4.62. The van der Waals surface area contributed by atoms with Gasteiger partial charge in [-0.05, 0) is 31.0 Å². The van der Waals surface area contributed by atoms with Crippen molar-refractivity contribution in [2.45, 2.75) is 26.9 Å². The van der Waals surface area contributed by atoms with E-state index in [1.807, 2.05) is 38.2 Å². The third-order valence-electron chi connectivity index (χ3n) is 4.89. The number of aryl methyl sites for hydroxylation is 2. The first-order chi connectivity index (χ1) is 14.0. The maximum absolute atomic E-state index is 11.3. The topological polar surface area (TPSA) is 85.9 Å². The van der Waals surface area contributed by atoms with E-state index in [-0.39, 0.29) is 10.6 Å². The van der Waals surface area contributed by atoms with E-state index in [0.29, 0.717) is 12.1 Å². The zero-order valence-corrected chi connectivity index (χ0v) is 16.3. The van der Waals surface area contributed by atoms with Crippen molar-refractivity contribution in [2.75, 3.05) is 5.32 Å². The Morgan fingerprint density at radius 1 is 1.10 bits per heavy atom. The van der Waals surface area contributed by atoms with E-state index in [9.17, 15) is 10.1 Å². The molecule has 0 bridgehead atoms. The molecule has 0 fully saturated rings. The van der Waals surface area contributed by atoms with Gasteiger partial charge in [0.05, 0.1) is 4.92 Å². The van der Waals surface area contributed by atoms with Gasteiger partial charge in [-0.3, -0.25) is 10.1 Å². The molecule has 29 heavy (non-hydrogen) atoms. The Kier molecular flexibility index (Phi) is 4.95. The van der Waals surface area contributed by atoms with Gasteiger partial charge in [-0.1, -0.05) is 36.4 Å². The monoisotopic (exact) mass is 387 g/mol. The van der Waals surface area contributed by atoms with Gasteiger partial charge in [-0.15, -0.1) is 0 Å². The number of non-ortho nitro benzene ring substituents is 1. The third-order valence-corrected chi connectivity index (χ3v) is 4.89. The Morgan fingerprint density at radius 2 is 1.90 bits per heavy atom. The molecule has 0 spiro atoms. The Bertz CT molecular complexity index is 1200. The number of rotatable bonds is 6. The van der Waals surface area contributed by atoms with E-state index in [1.165, 1.54) is 11.6 Å². The Hall–Kier alpha value is -3.74. The lowest BCUT2D eigenvalue weighted by Gasteiger charge is -2.12. The van der Waals surface area contributed by atoms with Crippen molar-refractivity contribution in [1.82, 2.24) is 14.5 Å². The fraction of sp³-hybridized carbons (Fsp3) is 0.182. The lowest BCUT2D eigenvalue weighted by molar-refractivity contribution is -0.383. The molecular formula is C22H21N5O2. The van der Waals surface area contributed by atoms with E-state index in [0.717, 1.165) is 34.7 Å². The quantitative estimate of drug-likeness (QED) is 0.385. The first-order valence-corrected chi connectivity index (χ1v) is 9.35. The zero-order valence-electron chi connectivity index (χ0n) is 16.3. The lowest BCUT2D eigenvalue weighted by Crippen LogP contribution is -2.04. The number of hydrogen-bond donors (Lipinski definition) is 1. The Balaban J connectivity index is 1.59. The fourth-order valence-electron chi connectivity index (χ4n) is 3.46. The number of anilines is 1. The van der Waals surface area contributed by atoms with Gasteiger partial charge in [0, 0.05) is 48.3 Å². The number of nitro groups is 1. The minimum Gasteiger partial charge on any atom is -0.380 e. The Morgan fingerprint density at radius 3 is 2.66 bits per heavy atom. The molecule has 0 radical (unpaired) electrons. The minimum atomic E-state index is -0.389. The number of aromatic nitrogens is 3. The zero-order chi connectivity index (χ0) is 20.4. The van der Waals surface area contributed by atoms with Crippen LogP contribution >= 0.6 is 0 Å². The highest BCUT2D eigenvalue weighted by atomic mass is 16.6. The van der Waals surface area contributed by atoms with Gasteiger partial charge in [-0.25, -0.2) is 9.97 Å². The maximum Gasteiger partial charge on any atom is 0.295 e. The van der Waals surface area contributed by atoms with Gasteiger partial charge in [0.1, 0.15) is 5.82 Å². The number of hydrogen-bond acceptors (Lipinski definition) is 5. The molecule has 7 nitrogen and oxygen atoms in total. The van der Waals surface area contributed by atoms with Gasteiger partial charge in [0.25, 0.3) is 5.69 Å². The van der Waals surface area contributed by atoms with Crippen molar-refractivity contribution in [1.29, 1.82) is 0 Å². The number of para-hydroxylation sites is 1. The van der Waals surface area contributed by atoms with Crippen LogP contribution in [0.15, 0.2) is 60.9 Å². The molecule has 0 saturated heterocycles.